The number of rotatable bonds is 4. The molecule has 1 aromatic rings. The van der Waals surface area contributed by atoms with Gasteiger partial charge in [-0.05, 0) is 36.8 Å². The van der Waals surface area contributed by atoms with Crippen molar-refractivity contribution in [3.63, 3.8) is 0 Å². The second kappa shape index (κ2) is 7.12. The number of ether oxygens (including phenoxy) is 2. The molecule has 1 unspecified atom stereocenters. The fraction of sp³-hybridized carbons (Fsp3) is 0.538. The van der Waals surface area contributed by atoms with Gasteiger partial charge < -0.3 is 14.8 Å². The van der Waals surface area contributed by atoms with Crippen LogP contribution in [0.1, 0.15) is 17.9 Å². The lowest BCUT2D eigenvalue weighted by atomic mass is 9.95. The van der Waals surface area contributed by atoms with Gasteiger partial charge in [-0.15, -0.1) is 24.2 Å². The summed E-state index contributed by atoms with van der Waals surface area (Å²) in [6.07, 6.45) is 1.22. The molecule has 3 nitrogen and oxygen atoms in total. The van der Waals surface area contributed by atoms with E-state index in [1.54, 1.807) is 14.2 Å². The molecule has 0 radical (unpaired) electrons. The predicted molar refractivity (Wildman–Crippen MR) is 78.8 cm³/mol. The minimum Gasteiger partial charge on any atom is -0.493 e. The molecule has 0 saturated carbocycles. The quantitative estimate of drug-likeness (QED) is 0.923. The van der Waals surface area contributed by atoms with Crippen molar-refractivity contribution in [1.29, 1.82) is 0 Å². The molecule has 1 heterocycles. The zero-order valence-corrected chi connectivity index (χ0v) is 12.6. The van der Waals surface area contributed by atoms with Gasteiger partial charge in [-0.25, -0.2) is 0 Å². The zero-order valence-electron chi connectivity index (χ0n) is 11.0. The molecule has 0 bridgehead atoms. The lowest BCUT2D eigenvalue weighted by Gasteiger charge is -2.27. The third kappa shape index (κ3) is 2.87. The molecule has 0 spiro atoms. The standard InChI is InChI=1S/C13H19NO2S.ClH/c1-14-8-9-6-7-17-13-10(9)4-5-11(15-2)12(13)16-3;/h4-5,9,14H,6-8H2,1-3H3;1H. The highest BCUT2D eigenvalue weighted by atomic mass is 35.5. The Morgan fingerprint density at radius 3 is 2.72 bits per heavy atom. The van der Waals surface area contributed by atoms with E-state index in [0.29, 0.717) is 5.92 Å². The molecule has 18 heavy (non-hydrogen) atoms. The number of hydrogen-bond acceptors (Lipinski definition) is 4. The summed E-state index contributed by atoms with van der Waals surface area (Å²) in [5.74, 6) is 3.43. The van der Waals surface area contributed by atoms with E-state index >= 15 is 0 Å². The molecule has 0 amide bonds. The van der Waals surface area contributed by atoms with Crippen molar-refractivity contribution in [2.45, 2.75) is 17.2 Å². The fourth-order valence-corrected chi connectivity index (χ4v) is 3.62. The Hall–Kier alpha value is -0.580. The van der Waals surface area contributed by atoms with Gasteiger partial charge >= 0.3 is 0 Å². The van der Waals surface area contributed by atoms with Crippen LogP contribution in [0.25, 0.3) is 0 Å². The number of thioether (sulfide) groups is 1. The van der Waals surface area contributed by atoms with Crippen molar-refractivity contribution in [3.05, 3.63) is 17.7 Å². The average Bonchev–Trinajstić information content (AvgIpc) is 2.38. The van der Waals surface area contributed by atoms with Crippen LogP contribution in [0.3, 0.4) is 0 Å². The van der Waals surface area contributed by atoms with Crippen LogP contribution in [-0.2, 0) is 0 Å². The summed E-state index contributed by atoms with van der Waals surface area (Å²) in [6, 6.07) is 4.18. The summed E-state index contributed by atoms with van der Waals surface area (Å²) in [5.41, 5.74) is 1.38. The highest BCUT2D eigenvalue weighted by Gasteiger charge is 2.25. The summed E-state index contributed by atoms with van der Waals surface area (Å²) in [4.78, 5) is 1.25. The van der Waals surface area contributed by atoms with E-state index < -0.39 is 0 Å². The molecule has 0 fully saturated rings. The second-order valence-corrected chi connectivity index (χ2v) is 5.22. The molecule has 0 aliphatic carbocycles. The van der Waals surface area contributed by atoms with E-state index in [2.05, 4.69) is 11.4 Å². The lowest BCUT2D eigenvalue weighted by Crippen LogP contribution is -2.20. The number of hydrogen-bond donors (Lipinski definition) is 1. The fourth-order valence-electron chi connectivity index (χ4n) is 2.30. The molecule has 1 aliphatic rings. The highest BCUT2D eigenvalue weighted by Crippen LogP contribution is 2.46. The van der Waals surface area contributed by atoms with Gasteiger partial charge in [0.25, 0.3) is 0 Å². The number of nitrogens with one attached hydrogen (secondary N) is 1. The molecular weight excluding hydrogens is 270 g/mol. The normalized spacial score (nSPS) is 17.6. The first-order valence-corrected chi connectivity index (χ1v) is 6.82. The van der Waals surface area contributed by atoms with Gasteiger partial charge in [-0.1, -0.05) is 6.07 Å². The molecule has 1 aliphatic heterocycles. The van der Waals surface area contributed by atoms with Gasteiger partial charge in [-0.3, -0.25) is 0 Å². The van der Waals surface area contributed by atoms with E-state index in [1.807, 2.05) is 24.9 Å². The smallest absolute Gasteiger partial charge is 0.174 e. The largest absolute Gasteiger partial charge is 0.493 e. The van der Waals surface area contributed by atoms with Crippen molar-refractivity contribution in [3.8, 4) is 11.5 Å². The summed E-state index contributed by atoms with van der Waals surface area (Å²) >= 11 is 1.87. The molecule has 1 N–H and O–H groups in total. The Kier molecular flexibility index (Phi) is 6.12. The summed E-state index contributed by atoms with van der Waals surface area (Å²) in [7, 11) is 5.39. The first kappa shape index (κ1) is 15.5. The van der Waals surface area contributed by atoms with Gasteiger partial charge in [-0.2, -0.15) is 0 Å². The van der Waals surface area contributed by atoms with Gasteiger partial charge in [0.15, 0.2) is 11.5 Å². The van der Waals surface area contributed by atoms with Crippen molar-refractivity contribution in [2.75, 3.05) is 33.6 Å². The SMILES string of the molecule is CNCC1CCSc2c1ccc(OC)c2OC.Cl. The zero-order chi connectivity index (χ0) is 12.3. The van der Waals surface area contributed by atoms with E-state index in [9.17, 15) is 0 Å². The third-order valence-electron chi connectivity index (χ3n) is 3.13. The van der Waals surface area contributed by atoms with E-state index in [1.165, 1.54) is 16.9 Å². The number of likely N-dealkylation sites (N-methyl/N-ethyl adjacent to an activating group) is 1. The summed E-state index contributed by atoms with van der Waals surface area (Å²) in [5, 5.41) is 3.26. The molecule has 0 aromatic heterocycles. The minimum absolute atomic E-state index is 0. The molecule has 2 rings (SSSR count). The Morgan fingerprint density at radius 2 is 2.11 bits per heavy atom. The van der Waals surface area contributed by atoms with Crippen molar-refractivity contribution >= 4 is 24.2 Å². The Labute approximate surface area is 119 Å². The van der Waals surface area contributed by atoms with Crippen LogP contribution < -0.4 is 14.8 Å². The highest BCUT2D eigenvalue weighted by molar-refractivity contribution is 7.99. The van der Waals surface area contributed by atoms with Crippen molar-refractivity contribution in [1.82, 2.24) is 5.32 Å². The molecule has 1 aromatic carbocycles. The van der Waals surface area contributed by atoms with E-state index in [-0.39, 0.29) is 12.4 Å². The minimum atomic E-state index is 0. The number of fused-ring (bicyclic) bond motifs is 1. The maximum Gasteiger partial charge on any atom is 0.174 e. The van der Waals surface area contributed by atoms with Crippen LogP contribution in [0.15, 0.2) is 17.0 Å². The van der Waals surface area contributed by atoms with E-state index in [0.717, 1.165) is 23.8 Å². The Balaban J connectivity index is 0.00000162. The van der Waals surface area contributed by atoms with Crippen LogP contribution in [0, 0.1) is 0 Å². The van der Waals surface area contributed by atoms with Crippen LogP contribution in [0.2, 0.25) is 0 Å². The maximum absolute atomic E-state index is 5.49. The van der Waals surface area contributed by atoms with Gasteiger partial charge in [0.2, 0.25) is 0 Å². The third-order valence-corrected chi connectivity index (χ3v) is 4.28. The maximum atomic E-state index is 5.49. The van der Waals surface area contributed by atoms with Crippen LogP contribution >= 0.6 is 24.2 Å². The first-order valence-electron chi connectivity index (χ1n) is 5.84. The summed E-state index contributed by atoms with van der Waals surface area (Å²) in [6.45, 7) is 1.02. The number of benzene rings is 1. The molecule has 5 heteroatoms. The van der Waals surface area contributed by atoms with Gasteiger partial charge in [0.1, 0.15) is 0 Å². The van der Waals surface area contributed by atoms with Gasteiger partial charge in [0, 0.05) is 6.54 Å². The van der Waals surface area contributed by atoms with Gasteiger partial charge in [0.05, 0.1) is 19.1 Å². The lowest BCUT2D eigenvalue weighted by molar-refractivity contribution is 0.346. The molecule has 1 atom stereocenters. The summed E-state index contributed by atoms with van der Waals surface area (Å²) < 4.78 is 10.8. The molecule has 102 valence electrons. The second-order valence-electron chi connectivity index (χ2n) is 4.11. The first-order chi connectivity index (χ1) is 8.31. The average molecular weight is 290 g/mol. The number of halogens is 1. The van der Waals surface area contributed by atoms with Crippen LogP contribution in [-0.4, -0.2) is 33.6 Å². The van der Waals surface area contributed by atoms with Crippen molar-refractivity contribution < 1.29 is 9.47 Å². The topological polar surface area (TPSA) is 30.5 Å². The Bertz CT molecular complexity index is 401. The van der Waals surface area contributed by atoms with Crippen molar-refractivity contribution in [2.24, 2.45) is 0 Å². The number of methoxy groups -OCH3 is 2. The Morgan fingerprint density at radius 1 is 1.33 bits per heavy atom. The predicted octanol–water partition coefficient (Wildman–Crippen LogP) is 2.92. The monoisotopic (exact) mass is 289 g/mol. The molecular formula is C13H20ClNO2S. The van der Waals surface area contributed by atoms with E-state index in [4.69, 9.17) is 9.47 Å². The van der Waals surface area contributed by atoms with Crippen LogP contribution in [0.4, 0.5) is 0 Å². The molecule has 0 saturated heterocycles. The van der Waals surface area contributed by atoms with Crippen LogP contribution in [0.5, 0.6) is 11.5 Å².